The van der Waals surface area contributed by atoms with Gasteiger partial charge in [-0.2, -0.15) is 23.5 Å². The molecular formula is C68H102N16O17S2. The molecule has 2 bridgehead atoms. The summed E-state index contributed by atoms with van der Waals surface area (Å²) in [5, 5.41) is 56.2. The van der Waals surface area contributed by atoms with E-state index in [1.54, 1.807) is 49.9 Å². The molecule has 2 aromatic carbocycles. The molecule has 0 spiro atoms. The molecule has 33 nitrogen and oxygen atoms in total. The maximum atomic E-state index is 14.9. The van der Waals surface area contributed by atoms with Gasteiger partial charge in [0.15, 0.2) is 0 Å². The van der Waals surface area contributed by atoms with E-state index >= 15 is 0 Å². The van der Waals surface area contributed by atoms with Gasteiger partial charge in [-0.3, -0.25) is 82.0 Å². The van der Waals surface area contributed by atoms with Crippen molar-refractivity contribution >= 4 is 101 Å². The molecule has 5 aliphatic rings. The number of carboxylic acid groups (broad SMARTS) is 3. The number of carbonyl (C=O) groups is 13. The normalized spacial score (nSPS) is 24.3. The van der Waals surface area contributed by atoms with Crippen molar-refractivity contribution in [2.75, 3.05) is 136 Å². The number of nitrogens with one attached hydrogen (secondary N) is 6. The van der Waals surface area contributed by atoms with Crippen molar-refractivity contribution in [1.29, 1.82) is 0 Å². The molecule has 0 unspecified atom stereocenters. The van der Waals surface area contributed by atoms with Gasteiger partial charge in [-0.25, -0.2) is 4.79 Å². The topological polar surface area (TPSA) is 453 Å². The first-order valence-corrected chi connectivity index (χ1v) is 37.5. The molecule has 5 aliphatic heterocycles. The van der Waals surface area contributed by atoms with Crippen molar-refractivity contribution in [1.82, 2.24) is 71.1 Å². The maximum absolute atomic E-state index is 14.9. The average Bonchev–Trinajstić information content (AvgIpc) is 1.68. The van der Waals surface area contributed by atoms with Gasteiger partial charge in [0.05, 0.1) is 32.3 Å². The third kappa shape index (κ3) is 26.8. The molecule has 14 N–H and O–H groups in total. The maximum Gasteiger partial charge on any atom is 0.317 e. The number of hydrogen-bond acceptors (Lipinski definition) is 21. The van der Waals surface area contributed by atoms with E-state index in [2.05, 4.69) is 36.8 Å². The van der Waals surface area contributed by atoms with Crippen LogP contribution in [0.25, 0.3) is 0 Å². The van der Waals surface area contributed by atoms with Crippen molar-refractivity contribution in [2.24, 2.45) is 11.5 Å². The van der Waals surface area contributed by atoms with Crippen LogP contribution < -0.4 is 43.4 Å². The predicted octanol–water partition coefficient (Wildman–Crippen LogP) is -2.95. The summed E-state index contributed by atoms with van der Waals surface area (Å²) < 4.78 is 0. The van der Waals surface area contributed by atoms with Gasteiger partial charge in [0.1, 0.15) is 42.3 Å². The van der Waals surface area contributed by atoms with Crippen LogP contribution in [0.4, 0.5) is 4.79 Å². The monoisotopic (exact) mass is 1480 g/mol. The van der Waals surface area contributed by atoms with Crippen LogP contribution in [0.2, 0.25) is 0 Å². The Bertz CT molecular complexity index is 3250. The Hall–Kier alpha value is -8.19. The number of aliphatic hydroxyl groups is 1. The molecule has 11 amide bonds. The van der Waals surface area contributed by atoms with Crippen LogP contribution in [0.15, 0.2) is 48.5 Å². The van der Waals surface area contributed by atoms with Crippen molar-refractivity contribution in [3.8, 4) is 0 Å². The molecule has 0 aromatic heterocycles. The molecule has 8 atom stereocenters. The number of thioether (sulfide) groups is 2. The Labute approximate surface area is 607 Å². The number of carbonyl (C=O) groups excluding carboxylic acids is 10. The van der Waals surface area contributed by atoms with Gasteiger partial charge in [-0.1, -0.05) is 61.9 Å². The smallest absolute Gasteiger partial charge is 0.317 e. The number of nitrogens with two attached hydrogens (primary N) is 2. The summed E-state index contributed by atoms with van der Waals surface area (Å²) in [5.41, 5.74) is 14.6. The second kappa shape index (κ2) is 41.3. The summed E-state index contributed by atoms with van der Waals surface area (Å²) in [5.74, 6) is -9.06. The number of nitrogens with zero attached hydrogens (tertiary/aromatic N) is 8. The minimum atomic E-state index is -1.71. The Balaban J connectivity index is 1.15. The van der Waals surface area contributed by atoms with E-state index in [0.717, 1.165) is 23.1 Å². The first-order chi connectivity index (χ1) is 49.2. The zero-order chi connectivity index (χ0) is 74.7. The number of amides is 11. The SMILES string of the molecule is CCCCNC(=O)N[C@H]1CSCc2cc(cc(CN3CCN(C(=O)CN4CCN(CC(=O)O)CCN(CC(=O)O)CCN(CC(=O)O)CC4)CC3)c2)CSC[C@@H](C(N)=O)NC(=O)[C@H](Cc2ccccc2)NC(=O)[C@H](CCC(N)=O)NC(=O)[C@H]([C@@H](C)O)NC(=O)[C@@H]2CCCN2C(=O)[C@@H]2CCCN2C1=O. The molecule has 4 fully saturated rings. The summed E-state index contributed by atoms with van der Waals surface area (Å²) in [4.78, 5) is 190. The van der Waals surface area contributed by atoms with Crippen LogP contribution in [0, 0.1) is 0 Å². The van der Waals surface area contributed by atoms with E-state index < -0.39 is 126 Å². The van der Waals surface area contributed by atoms with Gasteiger partial charge >= 0.3 is 23.9 Å². The largest absolute Gasteiger partial charge is 0.480 e. The number of hydrogen-bond donors (Lipinski definition) is 12. The first-order valence-electron chi connectivity index (χ1n) is 35.2. The Kier molecular flexibility index (Phi) is 33.0. The number of benzene rings is 2. The van der Waals surface area contributed by atoms with Crippen LogP contribution >= 0.6 is 23.5 Å². The van der Waals surface area contributed by atoms with Gasteiger partial charge in [-0.05, 0) is 67.7 Å². The first kappa shape index (κ1) is 82.1. The number of fused-ring (bicyclic) bond motifs is 4. The molecule has 568 valence electrons. The fourth-order valence-corrected chi connectivity index (χ4v) is 15.2. The summed E-state index contributed by atoms with van der Waals surface area (Å²) >= 11 is 2.66. The number of urea groups is 1. The molecule has 2 aromatic rings. The highest BCUT2D eigenvalue weighted by Crippen LogP contribution is 2.28. The van der Waals surface area contributed by atoms with Crippen molar-refractivity contribution in [3.05, 3.63) is 70.8 Å². The minimum absolute atomic E-state index is 0.0201. The molecule has 7 rings (SSSR count). The molecule has 0 radical (unpaired) electrons. The number of carboxylic acids is 3. The fraction of sp³-hybridized carbons (Fsp3) is 0.632. The zero-order valence-electron chi connectivity index (χ0n) is 58.7. The number of piperazine rings is 1. The van der Waals surface area contributed by atoms with Gasteiger partial charge in [0.2, 0.25) is 53.2 Å². The van der Waals surface area contributed by atoms with E-state index in [1.165, 1.54) is 40.2 Å². The van der Waals surface area contributed by atoms with E-state index in [9.17, 15) is 82.8 Å². The van der Waals surface area contributed by atoms with Gasteiger partial charge in [-0.15, -0.1) is 0 Å². The Morgan fingerprint density at radius 2 is 1.10 bits per heavy atom. The number of unbranched alkanes of at least 4 members (excludes halogenated alkanes) is 1. The third-order valence-corrected chi connectivity index (χ3v) is 21.0. The van der Waals surface area contributed by atoms with E-state index in [0.29, 0.717) is 69.8 Å². The van der Waals surface area contributed by atoms with E-state index in [4.69, 9.17) is 11.5 Å². The van der Waals surface area contributed by atoms with Gasteiger partial charge in [0, 0.05) is 141 Å². The lowest BCUT2D eigenvalue weighted by atomic mass is 10.0. The quantitative estimate of drug-likeness (QED) is 0.0556. The lowest BCUT2D eigenvalue weighted by molar-refractivity contribution is -0.147. The lowest BCUT2D eigenvalue weighted by Crippen LogP contribution is -2.61. The van der Waals surface area contributed by atoms with Crippen LogP contribution in [0.5, 0.6) is 0 Å². The number of rotatable bonds is 21. The number of aliphatic carboxylic acids is 3. The molecule has 4 saturated heterocycles. The molecular weight excluding hydrogens is 1380 g/mol. The molecule has 5 heterocycles. The summed E-state index contributed by atoms with van der Waals surface area (Å²) in [7, 11) is 0. The standard InChI is InChI=1S/C68H102N16O17S2/c1-3-4-16-71-68(101)75-52-43-103-41-48-32-46(35-77-27-29-82(30-28-77)56(87)36-78-19-21-79(37-57(88)89)23-25-81(39-59(92)93)26-24-80(22-20-78)38-58(90)91)31-47(33-48)40-102-42-51(61(70)94)74-63(96)50(34-45-10-6-5-7-11-45)73-62(95)49(14-15-55(69)86)72-65(98)60(44(2)85)76-64(97)53-12-8-17-83(53)67(100)54-13-9-18-84(54)66(52)99/h5-7,10-11,31-33,44,49-54,60,85H,3-4,8-9,12-30,34-43H2,1-2H3,(H2,69,86)(H2,70,94)(H,72,98)(H,73,95)(H,74,96)(H,76,97)(H,88,89)(H,90,91)(H,92,93)(H2,71,75,101)/t44-,49+,50+,51+,52+,53+,54+,60+/m1/s1. The number of primary amides is 2. The second-order valence-corrected chi connectivity index (χ2v) is 28.9. The fourth-order valence-electron chi connectivity index (χ4n) is 13.2. The summed E-state index contributed by atoms with van der Waals surface area (Å²) in [6.07, 6.45) is 0.220. The van der Waals surface area contributed by atoms with Crippen LogP contribution in [-0.4, -0.2) is 321 Å². The summed E-state index contributed by atoms with van der Waals surface area (Å²) in [6, 6.07) is 4.79. The second-order valence-electron chi connectivity index (χ2n) is 26.8. The third-order valence-electron chi connectivity index (χ3n) is 18.7. The average molecular weight is 1480 g/mol. The van der Waals surface area contributed by atoms with Crippen LogP contribution in [0.1, 0.15) is 87.5 Å². The Morgan fingerprint density at radius 1 is 0.583 bits per heavy atom. The van der Waals surface area contributed by atoms with Crippen LogP contribution in [0.3, 0.4) is 0 Å². The minimum Gasteiger partial charge on any atom is -0.480 e. The zero-order valence-corrected chi connectivity index (χ0v) is 60.4. The van der Waals surface area contributed by atoms with E-state index in [-0.39, 0.29) is 140 Å². The molecule has 0 saturated carbocycles. The predicted molar refractivity (Wildman–Crippen MR) is 381 cm³/mol. The Morgan fingerprint density at radius 3 is 1.63 bits per heavy atom. The van der Waals surface area contributed by atoms with Gasteiger partial charge < -0.3 is 78.5 Å². The lowest BCUT2D eigenvalue weighted by Gasteiger charge is -2.37. The molecule has 103 heavy (non-hydrogen) atoms. The van der Waals surface area contributed by atoms with Gasteiger partial charge in [0.25, 0.3) is 0 Å². The number of aliphatic hydroxyl groups excluding tert-OH is 1. The van der Waals surface area contributed by atoms with Crippen molar-refractivity contribution in [3.63, 3.8) is 0 Å². The molecule has 35 heteroatoms. The highest BCUT2D eigenvalue weighted by molar-refractivity contribution is 7.98. The molecule has 0 aliphatic carbocycles. The van der Waals surface area contributed by atoms with Crippen molar-refractivity contribution in [2.45, 2.75) is 138 Å². The summed E-state index contributed by atoms with van der Waals surface area (Å²) in [6.45, 7) is 7.00. The van der Waals surface area contributed by atoms with Crippen molar-refractivity contribution < 1.29 is 82.8 Å². The van der Waals surface area contributed by atoms with Crippen LogP contribution in [-0.2, 0) is 82.0 Å². The highest BCUT2D eigenvalue weighted by atomic mass is 32.2. The van der Waals surface area contributed by atoms with E-state index in [1.807, 2.05) is 30.0 Å². The highest BCUT2D eigenvalue weighted by Gasteiger charge is 2.45.